The van der Waals surface area contributed by atoms with E-state index in [2.05, 4.69) is 0 Å². The van der Waals surface area contributed by atoms with Crippen LogP contribution in [0.25, 0.3) is 0 Å². The summed E-state index contributed by atoms with van der Waals surface area (Å²) in [5.74, 6) is -0.587. The van der Waals surface area contributed by atoms with Crippen molar-refractivity contribution in [1.82, 2.24) is 0 Å². The zero-order chi connectivity index (χ0) is 23.2. The number of aryl methyl sites for hydroxylation is 1. The fourth-order valence-corrected chi connectivity index (χ4v) is 3.84. The molecule has 0 aromatic heterocycles. The lowest BCUT2D eigenvalue weighted by atomic mass is 9.92. The Balaban J connectivity index is 1.67. The lowest BCUT2D eigenvalue weighted by Crippen LogP contribution is -2.60. The number of ether oxygens (including phenoxy) is 3. The highest BCUT2D eigenvalue weighted by Crippen LogP contribution is 2.41. The van der Waals surface area contributed by atoms with E-state index >= 15 is 0 Å². The SMILES string of the molecule is Cc1cc(O[C@H]2O[C@@H](CO)[C@H](O)[C@@H](O)[C@@H]2O)c2c(c1)O[C@H](c1ccc(O)cc1)[C@@H](O)C2=O. The summed E-state index contributed by atoms with van der Waals surface area (Å²) in [5.41, 5.74) is 1.04. The number of phenols is 1. The van der Waals surface area contributed by atoms with Crippen molar-refractivity contribution in [3.05, 3.63) is 53.1 Å². The van der Waals surface area contributed by atoms with Crippen molar-refractivity contribution >= 4 is 5.78 Å². The van der Waals surface area contributed by atoms with Crippen LogP contribution in [-0.2, 0) is 4.74 Å². The molecule has 0 saturated carbocycles. The van der Waals surface area contributed by atoms with Crippen molar-refractivity contribution in [3.63, 3.8) is 0 Å². The number of aliphatic hydroxyl groups excluding tert-OH is 5. The standard InChI is InChI=1S/C22H24O10/c1-9-6-12-15(17(26)19(28)21(30-12)10-2-4-11(24)5-3-10)13(7-9)31-22-20(29)18(27)16(25)14(8-23)32-22/h2-7,14,16,18-25,27-29H,8H2,1H3/t14-,16-,18+,19-,20-,21+,22-/m0/s1. The van der Waals surface area contributed by atoms with Crippen molar-refractivity contribution in [1.29, 1.82) is 0 Å². The number of carbonyl (C=O) groups is 1. The molecular weight excluding hydrogens is 424 g/mol. The monoisotopic (exact) mass is 448 g/mol. The molecule has 2 aromatic rings. The third kappa shape index (κ3) is 3.92. The molecule has 0 bridgehead atoms. The van der Waals surface area contributed by atoms with Crippen molar-refractivity contribution in [2.45, 2.75) is 49.8 Å². The van der Waals surface area contributed by atoms with E-state index in [-0.39, 0.29) is 22.8 Å². The van der Waals surface area contributed by atoms with Gasteiger partial charge in [-0.05, 0) is 42.3 Å². The van der Waals surface area contributed by atoms with E-state index < -0.39 is 55.3 Å². The molecule has 1 fully saturated rings. The molecule has 2 aliphatic rings. The highest BCUT2D eigenvalue weighted by Gasteiger charge is 2.46. The van der Waals surface area contributed by atoms with Gasteiger partial charge < -0.3 is 44.8 Å². The normalized spacial score (nSPS) is 32.2. The van der Waals surface area contributed by atoms with Crippen molar-refractivity contribution in [2.24, 2.45) is 0 Å². The highest BCUT2D eigenvalue weighted by molar-refractivity contribution is 6.05. The van der Waals surface area contributed by atoms with Crippen LogP contribution in [0.5, 0.6) is 17.2 Å². The molecular formula is C22H24O10. The van der Waals surface area contributed by atoms with Crippen LogP contribution in [0.15, 0.2) is 36.4 Å². The zero-order valence-electron chi connectivity index (χ0n) is 17.0. The average Bonchev–Trinajstić information content (AvgIpc) is 2.77. The summed E-state index contributed by atoms with van der Waals surface area (Å²) in [5, 5.41) is 59.7. The first-order valence-electron chi connectivity index (χ1n) is 10.0. The second-order valence-electron chi connectivity index (χ2n) is 7.89. The van der Waals surface area contributed by atoms with Crippen LogP contribution < -0.4 is 9.47 Å². The van der Waals surface area contributed by atoms with E-state index in [1.54, 1.807) is 13.0 Å². The molecule has 0 unspecified atom stereocenters. The minimum absolute atomic E-state index is 0.0248. The van der Waals surface area contributed by atoms with Gasteiger partial charge in [-0.1, -0.05) is 12.1 Å². The summed E-state index contributed by atoms with van der Waals surface area (Å²) in [6.07, 6.45) is -10.2. The first-order chi connectivity index (χ1) is 15.2. The van der Waals surface area contributed by atoms with E-state index in [4.69, 9.17) is 14.2 Å². The van der Waals surface area contributed by atoms with Gasteiger partial charge in [0.25, 0.3) is 0 Å². The van der Waals surface area contributed by atoms with Gasteiger partial charge in [-0.3, -0.25) is 4.79 Å². The summed E-state index contributed by atoms with van der Waals surface area (Å²) in [4.78, 5) is 13.1. The van der Waals surface area contributed by atoms with Crippen LogP contribution in [0.2, 0.25) is 0 Å². The van der Waals surface area contributed by atoms with Gasteiger partial charge >= 0.3 is 0 Å². The van der Waals surface area contributed by atoms with Crippen molar-refractivity contribution < 1.29 is 49.6 Å². The molecule has 2 aromatic carbocycles. The average molecular weight is 448 g/mol. The van der Waals surface area contributed by atoms with E-state index in [1.165, 1.54) is 30.3 Å². The fourth-order valence-electron chi connectivity index (χ4n) is 3.84. The van der Waals surface area contributed by atoms with Crippen molar-refractivity contribution in [3.8, 4) is 17.2 Å². The zero-order valence-corrected chi connectivity index (χ0v) is 17.0. The maximum atomic E-state index is 13.1. The highest BCUT2D eigenvalue weighted by atomic mass is 16.7. The number of ketones is 1. The molecule has 172 valence electrons. The predicted molar refractivity (Wildman–Crippen MR) is 107 cm³/mol. The minimum atomic E-state index is -1.67. The molecule has 0 radical (unpaired) electrons. The Bertz CT molecular complexity index is 989. The molecule has 0 amide bonds. The number of fused-ring (bicyclic) bond motifs is 1. The second-order valence-corrected chi connectivity index (χ2v) is 7.89. The molecule has 32 heavy (non-hydrogen) atoms. The van der Waals surface area contributed by atoms with E-state index in [0.29, 0.717) is 11.1 Å². The molecule has 0 aliphatic carbocycles. The van der Waals surface area contributed by atoms with Crippen LogP contribution in [0, 0.1) is 6.92 Å². The molecule has 1 saturated heterocycles. The summed E-state index contributed by atoms with van der Waals surface area (Å²) in [6.45, 7) is 1.08. The number of phenolic OH excluding ortho intramolecular Hbond substituents is 1. The Morgan fingerprint density at radius 3 is 2.34 bits per heavy atom. The van der Waals surface area contributed by atoms with Gasteiger partial charge in [0.05, 0.1) is 6.61 Å². The van der Waals surface area contributed by atoms with Gasteiger partial charge in [-0.2, -0.15) is 0 Å². The fraction of sp³-hybridized carbons (Fsp3) is 0.409. The van der Waals surface area contributed by atoms with Gasteiger partial charge in [0.15, 0.2) is 12.2 Å². The van der Waals surface area contributed by atoms with Crippen LogP contribution >= 0.6 is 0 Å². The first kappa shape index (κ1) is 22.5. The number of Topliss-reactive ketones (excluding diaryl/α,β-unsaturated/α-hetero) is 1. The first-order valence-corrected chi connectivity index (χ1v) is 10.0. The molecule has 2 heterocycles. The van der Waals surface area contributed by atoms with Gasteiger partial charge in [0, 0.05) is 0 Å². The molecule has 2 aliphatic heterocycles. The summed E-state index contributed by atoms with van der Waals surface area (Å²) < 4.78 is 16.9. The van der Waals surface area contributed by atoms with Crippen LogP contribution in [0.3, 0.4) is 0 Å². The third-order valence-corrected chi connectivity index (χ3v) is 5.58. The number of hydrogen-bond donors (Lipinski definition) is 6. The minimum Gasteiger partial charge on any atom is -0.508 e. The largest absolute Gasteiger partial charge is 0.508 e. The number of aliphatic hydroxyl groups is 5. The van der Waals surface area contributed by atoms with E-state index in [1.807, 2.05) is 0 Å². The number of carbonyl (C=O) groups excluding carboxylic acids is 1. The Kier molecular flexibility index (Phi) is 6.08. The lowest BCUT2D eigenvalue weighted by molar-refractivity contribution is -0.277. The molecule has 10 nitrogen and oxygen atoms in total. The smallest absolute Gasteiger partial charge is 0.229 e. The summed E-state index contributed by atoms with van der Waals surface area (Å²) in [6, 6.07) is 8.96. The van der Waals surface area contributed by atoms with Crippen LogP contribution in [0.1, 0.15) is 27.6 Å². The Hall–Kier alpha value is -2.73. The Morgan fingerprint density at radius 1 is 1.00 bits per heavy atom. The predicted octanol–water partition coefficient (Wildman–Crippen LogP) is -0.443. The summed E-state index contributed by atoms with van der Waals surface area (Å²) in [7, 11) is 0. The third-order valence-electron chi connectivity index (χ3n) is 5.58. The van der Waals surface area contributed by atoms with Gasteiger partial charge in [0.1, 0.15) is 47.2 Å². The number of hydrogen-bond acceptors (Lipinski definition) is 10. The number of rotatable bonds is 4. The van der Waals surface area contributed by atoms with Gasteiger partial charge in [0.2, 0.25) is 12.1 Å². The topological polar surface area (TPSA) is 166 Å². The molecule has 0 spiro atoms. The maximum Gasteiger partial charge on any atom is 0.229 e. The maximum absolute atomic E-state index is 13.1. The number of aromatic hydroxyl groups is 1. The quantitative estimate of drug-likeness (QED) is 0.361. The molecule has 10 heteroatoms. The van der Waals surface area contributed by atoms with Gasteiger partial charge in [-0.25, -0.2) is 0 Å². The van der Waals surface area contributed by atoms with Crippen LogP contribution in [0.4, 0.5) is 0 Å². The Labute approximate surface area is 182 Å². The number of benzene rings is 2. The second kappa shape index (κ2) is 8.66. The van der Waals surface area contributed by atoms with E-state index in [9.17, 15) is 35.4 Å². The molecule has 6 N–H and O–H groups in total. The summed E-state index contributed by atoms with van der Waals surface area (Å²) >= 11 is 0. The molecule has 4 rings (SSSR count). The Morgan fingerprint density at radius 2 is 1.69 bits per heavy atom. The van der Waals surface area contributed by atoms with Gasteiger partial charge in [-0.15, -0.1) is 0 Å². The van der Waals surface area contributed by atoms with Crippen molar-refractivity contribution in [2.75, 3.05) is 6.61 Å². The van der Waals surface area contributed by atoms with Crippen LogP contribution in [-0.4, -0.2) is 79.8 Å². The van der Waals surface area contributed by atoms with E-state index in [0.717, 1.165) is 0 Å². The lowest BCUT2D eigenvalue weighted by Gasteiger charge is -2.40. The molecule has 7 atom stereocenters.